The highest BCUT2D eigenvalue weighted by atomic mass is 32.2. The Labute approximate surface area is 183 Å². The van der Waals surface area contributed by atoms with Crippen LogP contribution in [-0.4, -0.2) is 28.8 Å². The Bertz CT molecular complexity index is 1080. The lowest BCUT2D eigenvalue weighted by Gasteiger charge is -2.19. The van der Waals surface area contributed by atoms with E-state index in [1.807, 2.05) is 17.7 Å². The van der Waals surface area contributed by atoms with E-state index >= 15 is 0 Å². The summed E-state index contributed by atoms with van der Waals surface area (Å²) in [4.78, 5) is 21.4. The predicted octanol–water partition coefficient (Wildman–Crippen LogP) is 3.41. The van der Waals surface area contributed by atoms with Gasteiger partial charge in [0, 0.05) is 36.2 Å². The summed E-state index contributed by atoms with van der Waals surface area (Å²) in [5, 5.41) is 8.48. The average Bonchev–Trinajstić information content (AvgIpc) is 3.38. The van der Waals surface area contributed by atoms with Crippen LogP contribution in [0.4, 0.5) is 5.69 Å². The summed E-state index contributed by atoms with van der Waals surface area (Å²) >= 11 is 2.96. The van der Waals surface area contributed by atoms with E-state index in [4.69, 9.17) is 4.55 Å². The van der Waals surface area contributed by atoms with Crippen LogP contribution in [0.1, 0.15) is 40.7 Å². The second-order valence-electron chi connectivity index (χ2n) is 6.51. The number of carbonyl (C=O) groups excluding carboxylic acids is 1. The first-order valence-corrected chi connectivity index (χ1v) is 12.5. The summed E-state index contributed by atoms with van der Waals surface area (Å²) in [5.74, 6) is -0.135. The minimum atomic E-state index is -4.41. The van der Waals surface area contributed by atoms with Gasteiger partial charge in [0.15, 0.2) is 0 Å². The fourth-order valence-corrected chi connectivity index (χ4v) is 4.92. The fraction of sp³-hybridized carbons (Fsp3) is 0.316. The zero-order chi connectivity index (χ0) is 21.6. The van der Waals surface area contributed by atoms with Crippen molar-refractivity contribution in [2.24, 2.45) is 0 Å². The maximum absolute atomic E-state index is 12.6. The number of rotatable bonds is 10. The first kappa shape index (κ1) is 22.3. The van der Waals surface area contributed by atoms with Crippen molar-refractivity contribution in [3.63, 3.8) is 0 Å². The van der Waals surface area contributed by atoms with Gasteiger partial charge in [0.2, 0.25) is 5.91 Å². The molecule has 0 bridgehead atoms. The van der Waals surface area contributed by atoms with Gasteiger partial charge in [0.05, 0.1) is 22.4 Å². The largest absolute Gasteiger partial charge is 0.357 e. The summed E-state index contributed by atoms with van der Waals surface area (Å²) in [6.45, 7) is 2.01. The van der Waals surface area contributed by atoms with Crippen molar-refractivity contribution >= 4 is 44.6 Å². The molecule has 0 saturated heterocycles. The van der Waals surface area contributed by atoms with Crippen molar-refractivity contribution in [1.29, 1.82) is 0 Å². The van der Waals surface area contributed by atoms with Gasteiger partial charge in [-0.3, -0.25) is 14.1 Å². The van der Waals surface area contributed by atoms with E-state index in [1.165, 1.54) is 22.7 Å². The van der Waals surface area contributed by atoms with Gasteiger partial charge in [-0.05, 0) is 18.1 Å². The number of benzene rings is 1. The average molecular weight is 467 g/mol. The summed E-state index contributed by atoms with van der Waals surface area (Å²) in [6.07, 6.45) is 3.65. The van der Waals surface area contributed by atoms with Crippen LogP contribution in [0.3, 0.4) is 0 Å². The van der Waals surface area contributed by atoms with E-state index in [0.29, 0.717) is 24.8 Å². The normalized spacial score (nSPS) is 12.5. The van der Waals surface area contributed by atoms with Gasteiger partial charge in [-0.1, -0.05) is 25.1 Å². The van der Waals surface area contributed by atoms with E-state index in [2.05, 4.69) is 20.0 Å². The van der Waals surface area contributed by atoms with Gasteiger partial charge >= 0.3 is 10.3 Å². The van der Waals surface area contributed by atoms with Crippen molar-refractivity contribution in [2.75, 3.05) is 4.72 Å². The number of anilines is 1. The van der Waals surface area contributed by atoms with Gasteiger partial charge in [-0.15, -0.1) is 22.7 Å². The topological polar surface area (TPSA) is 121 Å². The van der Waals surface area contributed by atoms with E-state index in [0.717, 1.165) is 22.1 Å². The van der Waals surface area contributed by atoms with E-state index in [9.17, 15) is 13.2 Å². The predicted molar refractivity (Wildman–Crippen MR) is 118 cm³/mol. The number of nitrogens with zero attached hydrogens (tertiary/aromatic N) is 2. The van der Waals surface area contributed by atoms with Crippen LogP contribution in [0.5, 0.6) is 0 Å². The molecule has 3 aromatic rings. The van der Waals surface area contributed by atoms with Crippen molar-refractivity contribution in [1.82, 2.24) is 15.3 Å². The molecule has 0 aliphatic rings. The Morgan fingerprint density at radius 1 is 1.27 bits per heavy atom. The van der Waals surface area contributed by atoms with Crippen LogP contribution in [0, 0.1) is 0 Å². The molecule has 0 saturated carbocycles. The molecule has 3 N–H and O–H groups in total. The van der Waals surface area contributed by atoms with Crippen LogP contribution >= 0.6 is 22.7 Å². The Morgan fingerprint density at radius 2 is 2.07 bits per heavy atom. The molecule has 0 fully saturated rings. The number of aromatic nitrogens is 2. The summed E-state index contributed by atoms with van der Waals surface area (Å²) in [6, 6.07) is 6.31. The number of hydrogen-bond donors (Lipinski definition) is 3. The molecule has 30 heavy (non-hydrogen) atoms. The number of hydrogen-bond acceptors (Lipinski definition) is 7. The summed E-state index contributed by atoms with van der Waals surface area (Å²) in [7, 11) is -4.41. The molecule has 0 aliphatic heterocycles. The van der Waals surface area contributed by atoms with E-state index in [-0.39, 0.29) is 11.6 Å². The Morgan fingerprint density at radius 3 is 2.73 bits per heavy atom. The Balaban J connectivity index is 1.79. The highest BCUT2D eigenvalue weighted by Gasteiger charge is 2.21. The molecule has 1 aromatic carbocycles. The highest BCUT2D eigenvalue weighted by molar-refractivity contribution is 7.87. The third-order valence-electron chi connectivity index (χ3n) is 4.29. The standard InChI is InChI=1S/C19H22N4O4S3/c1-2-14-12-29-19(21-14)16(22-17(24)7-8-18-20-9-10-28-18)11-13-5-3-4-6-15(13)23-30(25,26)27/h3-6,9-10,12,16,23H,2,7-8,11H2,1H3,(H,22,24)(H,25,26,27). The number of amides is 1. The summed E-state index contributed by atoms with van der Waals surface area (Å²) < 4.78 is 33.8. The van der Waals surface area contributed by atoms with E-state index < -0.39 is 16.3 Å². The molecule has 11 heteroatoms. The number of para-hydroxylation sites is 1. The number of thiazole rings is 2. The first-order chi connectivity index (χ1) is 14.3. The van der Waals surface area contributed by atoms with Gasteiger partial charge in [-0.2, -0.15) is 8.42 Å². The van der Waals surface area contributed by atoms with Gasteiger partial charge < -0.3 is 5.32 Å². The maximum Gasteiger partial charge on any atom is 0.357 e. The quantitative estimate of drug-likeness (QED) is 0.394. The third-order valence-corrected chi connectivity index (χ3v) is 6.62. The number of nitrogens with one attached hydrogen (secondary N) is 2. The highest BCUT2D eigenvalue weighted by Crippen LogP contribution is 2.27. The molecule has 1 unspecified atom stereocenters. The second kappa shape index (κ2) is 10.1. The van der Waals surface area contributed by atoms with Crippen LogP contribution in [0.25, 0.3) is 0 Å². The second-order valence-corrected chi connectivity index (χ2v) is 9.54. The number of carbonyl (C=O) groups is 1. The monoisotopic (exact) mass is 466 g/mol. The third kappa shape index (κ3) is 6.59. The van der Waals surface area contributed by atoms with Gasteiger partial charge in [0.25, 0.3) is 0 Å². The summed E-state index contributed by atoms with van der Waals surface area (Å²) in [5.41, 5.74) is 1.82. The molecule has 0 aliphatic carbocycles. The molecule has 1 amide bonds. The molecule has 2 aromatic heterocycles. The molecular formula is C19H22N4O4S3. The molecular weight excluding hydrogens is 444 g/mol. The smallest absolute Gasteiger partial charge is 0.347 e. The number of aryl methyl sites for hydroxylation is 2. The molecule has 2 heterocycles. The Kier molecular flexibility index (Phi) is 7.53. The molecule has 0 spiro atoms. The fourth-order valence-electron chi connectivity index (χ4n) is 2.87. The molecule has 8 nitrogen and oxygen atoms in total. The lowest BCUT2D eigenvalue weighted by atomic mass is 10.0. The van der Waals surface area contributed by atoms with Crippen molar-refractivity contribution in [3.05, 3.63) is 62.5 Å². The first-order valence-electron chi connectivity index (χ1n) is 9.29. The van der Waals surface area contributed by atoms with Crippen LogP contribution < -0.4 is 10.0 Å². The SMILES string of the molecule is CCc1csc(C(Cc2ccccc2NS(=O)(=O)O)NC(=O)CCc2nccs2)n1. The van der Waals surface area contributed by atoms with Crippen molar-refractivity contribution < 1.29 is 17.8 Å². The van der Waals surface area contributed by atoms with E-state index in [1.54, 1.807) is 30.5 Å². The van der Waals surface area contributed by atoms with Gasteiger partial charge in [-0.25, -0.2) is 9.97 Å². The van der Waals surface area contributed by atoms with Crippen molar-refractivity contribution in [3.8, 4) is 0 Å². The lowest BCUT2D eigenvalue weighted by molar-refractivity contribution is -0.121. The minimum Gasteiger partial charge on any atom is -0.347 e. The van der Waals surface area contributed by atoms with Crippen LogP contribution in [0.2, 0.25) is 0 Å². The maximum atomic E-state index is 12.6. The minimum absolute atomic E-state index is 0.135. The molecule has 160 valence electrons. The molecule has 0 radical (unpaired) electrons. The van der Waals surface area contributed by atoms with Gasteiger partial charge in [0.1, 0.15) is 5.01 Å². The van der Waals surface area contributed by atoms with Crippen molar-refractivity contribution in [2.45, 2.75) is 38.6 Å². The zero-order valence-electron chi connectivity index (χ0n) is 16.2. The van der Waals surface area contributed by atoms with Crippen LogP contribution in [-0.2, 0) is 34.4 Å². The molecule has 1 atom stereocenters. The van der Waals surface area contributed by atoms with Crippen LogP contribution in [0.15, 0.2) is 41.2 Å². The lowest BCUT2D eigenvalue weighted by Crippen LogP contribution is -2.30. The Hall–Kier alpha value is -2.34. The molecule has 3 rings (SSSR count). The zero-order valence-corrected chi connectivity index (χ0v) is 18.7.